The fourth-order valence-corrected chi connectivity index (χ4v) is 3.94. The highest BCUT2D eigenvalue weighted by atomic mass is 16.4. The molecule has 0 unspecified atom stereocenters. The summed E-state index contributed by atoms with van der Waals surface area (Å²) in [6.07, 6.45) is 1.52. The van der Waals surface area contributed by atoms with Crippen LogP contribution in [0.2, 0.25) is 0 Å². The van der Waals surface area contributed by atoms with Gasteiger partial charge in [0, 0.05) is 12.0 Å². The van der Waals surface area contributed by atoms with Gasteiger partial charge >= 0.3 is 5.97 Å². The minimum absolute atomic E-state index is 0.0300. The Morgan fingerprint density at radius 1 is 1.11 bits per heavy atom. The molecule has 2 aromatic rings. The maximum atomic E-state index is 12.9. The molecule has 0 aliphatic carbocycles. The Morgan fingerprint density at radius 2 is 1.78 bits per heavy atom. The first-order valence-electron chi connectivity index (χ1n) is 9.69. The Bertz CT molecular complexity index is 805. The van der Waals surface area contributed by atoms with Gasteiger partial charge in [0.25, 0.3) is 0 Å². The van der Waals surface area contributed by atoms with E-state index in [1.165, 1.54) is 0 Å². The summed E-state index contributed by atoms with van der Waals surface area (Å²) >= 11 is 0. The quantitative estimate of drug-likeness (QED) is 0.817. The number of amides is 1. The summed E-state index contributed by atoms with van der Waals surface area (Å²) in [5.41, 5.74) is 0.864. The molecule has 1 aliphatic heterocycles. The maximum absolute atomic E-state index is 12.9. The molecule has 5 heteroatoms. The van der Waals surface area contributed by atoms with Gasteiger partial charge in [-0.25, -0.2) is 0 Å². The molecule has 1 aliphatic rings. The highest BCUT2D eigenvalue weighted by Gasteiger charge is 2.28. The zero-order valence-electron chi connectivity index (χ0n) is 16.0. The highest BCUT2D eigenvalue weighted by molar-refractivity contribution is 5.88. The molecule has 1 saturated heterocycles. The fourth-order valence-electron chi connectivity index (χ4n) is 3.94. The van der Waals surface area contributed by atoms with E-state index in [4.69, 9.17) is 0 Å². The summed E-state index contributed by atoms with van der Waals surface area (Å²) in [5.74, 6) is -0.994. The van der Waals surface area contributed by atoms with Gasteiger partial charge in [0.15, 0.2) is 0 Å². The molecule has 3 rings (SSSR count). The van der Waals surface area contributed by atoms with E-state index in [1.807, 2.05) is 42.5 Å². The monoisotopic (exact) mass is 368 g/mol. The lowest BCUT2D eigenvalue weighted by Crippen LogP contribution is -2.44. The third-order valence-electron chi connectivity index (χ3n) is 5.52. The molecular formula is C22H28N2O3. The number of nitrogens with one attached hydrogen (secondary N) is 1. The molecule has 0 radical (unpaired) electrons. The first-order valence-corrected chi connectivity index (χ1v) is 9.69. The van der Waals surface area contributed by atoms with E-state index in [1.54, 1.807) is 0 Å². The van der Waals surface area contributed by atoms with Crippen molar-refractivity contribution in [1.82, 2.24) is 10.2 Å². The maximum Gasteiger partial charge on any atom is 0.305 e. The molecule has 27 heavy (non-hydrogen) atoms. The Labute approximate surface area is 160 Å². The van der Waals surface area contributed by atoms with Crippen LogP contribution in [0.5, 0.6) is 0 Å². The van der Waals surface area contributed by atoms with Crippen LogP contribution in [-0.2, 0) is 9.59 Å². The number of nitrogens with zero attached hydrogens (tertiary/aromatic N) is 1. The topological polar surface area (TPSA) is 69.6 Å². The summed E-state index contributed by atoms with van der Waals surface area (Å²) in [6.45, 7) is 6.16. The molecule has 144 valence electrons. The summed E-state index contributed by atoms with van der Waals surface area (Å²) < 4.78 is 0. The number of benzene rings is 2. The summed E-state index contributed by atoms with van der Waals surface area (Å²) in [7, 11) is 0. The van der Waals surface area contributed by atoms with Crippen molar-refractivity contribution in [3.8, 4) is 0 Å². The van der Waals surface area contributed by atoms with Gasteiger partial charge in [0.1, 0.15) is 0 Å². The molecule has 2 aromatic carbocycles. The normalized spacial score (nSPS) is 17.1. The standard InChI is InChI=1S/C22H28N2O3/c1-15(2)24-12-10-17(11-13-24)22(27)23-20(14-21(25)26)19-9-5-7-16-6-3-4-8-18(16)19/h3-9,15,17,20H,10-14H2,1-2H3,(H,23,27)(H,25,26)/t20-/m1/s1. The second-order valence-electron chi connectivity index (χ2n) is 7.63. The van der Waals surface area contributed by atoms with E-state index in [2.05, 4.69) is 24.1 Å². The van der Waals surface area contributed by atoms with Crippen LogP contribution in [0.1, 0.15) is 44.7 Å². The van der Waals surface area contributed by atoms with Crippen LogP contribution >= 0.6 is 0 Å². The molecule has 1 atom stereocenters. The smallest absolute Gasteiger partial charge is 0.305 e. The molecule has 0 spiro atoms. The molecule has 2 N–H and O–H groups in total. The number of carbonyl (C=O) groups is 2. The van der Waals surface area contributed by atoms with Crippen molar-refractivity contribution in [2.24, 2.45) is 5.92 Å². The largest absolute Gasteiger partial charge is 0.481 e. The van der Waals surface area contributed by atoms with Crippen LogP contribution in [0, 0.1) is 5.92 Å². The van der Waals surface area contributed by atoms with Crippen LogP contribution in [0.3, 0.4) is 0 Å². The van der Waals surface area contributed by atoms with Crippen LogP contribution < -0.4 is 5.32 Å². The van der Waals surface area contributed by atoms with Crippen LogP contribution in [-0.4, -0.2) is 41.0 Å². The van der Waals surface area contributed by atoms with Crippen molar-refractivity contribution in [2.45, 2.75) is 45.2 Å². The average molecular weight is 368 g/mol. The summed E-state index contributed by atoms with van der Waals surface area (Å²) in [4.78, 5) is 26.7. The second kappa shape index (κ2) is 8.53. The van der Waals surface area contributed by atoms with Crippen molar-refractivity contribution in [1.29, 1.82) is 0 Å². The van der Waals surface area contributed by atoms with Gasteiger partial charge in [-0.15, -0.1) is 0 Å². The molecule has 1 amide bonds. The van der Waals surface area contributed by atoms with Crippen molar-refractivity contribution in [3.63, 3.8) is 0 Å². The van der Waals surface area contributed by atoms with Crippen molar-refractivity contribution in [3.05, 3.63) is 48.0 Å². The SMILES string of the molecule is CC(C)N1CCC(C(=O)N[C@H](CC(=O)O)c2cccc3ccccc23)CC1. The van der Waals surface area contributed by atoms with E-state index < -0.39 is 12.0 Å². The minimum atomic E-state index is -0.914. The third kappa shape index (κ3) is 4.66. The number of carboxylic acid groups (broad SMARTS) is 1. The zero-order chi connectivity index (χ0) is 19.4. The van der Waals surface area contributed by atoms with Gasteiger partial charge in [-0.05, 0) is 56.1 Å². The van der Waals surface area contributed by atoms with Crippen LogP contribution in [0.15, 0.2) is 42.5 Å². The summed E-state index contributed by atoms with van der Waals surface area (Å²) in [6, 6.07) is 13.7. The van der Waals surface area contributed by atoms with Crippen molar-refractivity contribution in [2.75, 3.05) is 13.1 Å². The number of hydrogen-bond acceptors (Lipinski definition) is 3. The van der Waals surface area contributed by atoms with E-state index >= 15 is 0 Å². The molecule has 1 heterocycles. The molecule has 0 bridgehead atoms. The van der Waals surface area contributed by atoms with Crippen molar-refractivity contribution >= 4 is 22.6 Å². The van der Waals surface area contributed by atoms with Crippen LogP contribution in [0.25, 0.3) is 10.8 Å². The number of aliphatic carboxylic acids is 1. The first-order chi connectivity index (χ1) is 13.0. The molecular weight excluding hydrogens is 340 g/mol. The van der Waals surface area contributed by atoms with E-state index in [0.29, 0.717) is 6.04 Å². The second-order valence-corrected chi connectivity index (χ2v) is 7.63. The van der Waals surface area contributed by atoms with Gasteiger partial charge in [-0.3, -0.25) is 9.59 Å². The molecule has 0 saturated carbocycles. The lowest BCUT2D eigenvalue weighted by atomic mass is 9.92. The van der Waals surface area contributed by atoms with Gasteiger partial charge < -0.3 is 15.3 Å². The third-order valence-corrected chi connectivity index (χ3v) is 5.52. The predicted molar refractivity (Wildman–Crippen MR) is 107 cm³/mol. The summed E-state index contributed by atoms with van der Waals surface area (Å²) in [5, 5.41) is 14.4. The highest BCUT2D eigenvalue weighted by Crippen LogP contribution is 2.28. The lowest BCUT2D eigenvalue weighted by Gasteiger charge is -2.34. The number of hydrogen-bond donors (Lipinski definition) is 2. The number of piperidine rings is 1. The molecule has 5 nitrogen and oxygen atoms in total. The lowest BCUT2D eigenvalue weighted by molar-refractivity contribution is -0.138. The Balaban J connectivity index is 1.77. The van der Waals surface area contributed by atoms with Crippen molar-refractivity contribution < 1.29 is 14.7 Å². The Kier molecular flexibility index (Phi) is 6.11. The van der Waals surface area contributed by atoms with E-state index in [-0.39, 0.29) is 18.2 Å². The number of carbonyl (C=O) groups excluding carboxylic acids is 1. The van der Waals surface area contributed by atoms with Gasteiger partial charge in [0.2, 0.25) is 5.91 Å². The molecule has 0 aromatic heterocycles. The van der Waals surface area contributed by atoms with Gasteiger partial charge in [-0.2, -0.15) is 0 Å². The van der Waals surface area contributed by atoms with Crippen LogP contribution in [0.4, 0.5) is 0 Å². The molecule has 1 fully saturated rings. The number of carboxylic acids is 1. The van der Waals surface area contributed by atoms with E-state index in [9.17, 15) is 14.7 Å². The van der Waals surface area contributed by atoms with E-state index in [0.717, 1.165) is 42.3 Å². The average Bonchev–Trinajstić information content (AvgIpc) is 2.66. The number of likely N-dealkylation sites (tertiary alicyclic amines) is 1. The Hall–Kier alpha value is -2.40. The zero-order valence-corrected chi connectivity index (χ0v) is 16.0. The minimum Gasteiger partial charge on any atom is -0.481 e. The van der Waals surface area contributed by atoms with Gasteiger partial charge in [-0.1, -0.05) is 42.5 Å². The number of rotatable bonds is 6. The fraction of sp³-hybridized carbons (Fsp3) is 0.455. The van der Waals surface area contributed by atoms with Gasteiger partial charge in [0.05, 0.1) is 12.5 Å². The number of fused-ring (bicyclic) bond motifs is 1. The first kappa shape index (κ1) is 19.4. The predicted octanol–water partition coefficient (Wildman–Crippen LogP) is 3.59. The Morgan fingerprint density at radius 3 is 2.44 bits per heavy atom.